The predicted octanol–water partition coefficient (Wildman–Crippen LogP) is 3.61. The van der Waals surface area contributed by atoms with Gasteiger partial charge in [-0.25, -0.2) is 13.3 Å². The molecular weight excluding hydrogens is 492 g/mol. The molecule has 11 heteroatoms. The highest BCUT2D eigenvalue weighted by Crippen LogP contribution is 2.55. The van der Waals surface area contributed by atoms with Crippen molar-refractivity contribution in [2.75, 3.05) is 25.5 Å². The summed E-state index contributed by atoms with van der Waals surface area (Å²) in [6, 6.07) is 9.39. The maximum absolute atomic E-state index is 13.4. The average Bonchev–Trinajstić information content (AvgIpc) is 3.35. The summed E-state index contributed by atoms with van der Waals surface area (Å²) in [5.41, 5.74) is 2.73. The molecule has 3 aromatic heterocycles. The van der Waals surface area contributed by atoms with Gasteiger partial charge in [0.1, 0.15) is 6.07 Å². The summed E-state index contributed by atoms with van der Waals surface area (Å²) < 4.78 is 28.5. The van der Waals surface area contributed by atoms with Crippen LogP contribution in [0.15, 0.2) is 36.7 Å². The standard InChI is InChI=1S/C27H27F2N7O2/c1-31-23(37)19-14-32-21(22-3-2-18-10-17(12-30)13-33-36(18)22)11-20(19)34-26-7-4-25(5-8-26,6-9-26)24(38)35-15-27(28,29)16-35/h2-3,10-11,13-14H,4-9,15-16H2,1H3,(H,31,37)(H,32,34). The maximum Gasteiger partial charge on any atom is 0.282 e. The molecule has 7 rings (SSSR count). The second kappa shape index (κ2) is 8.48. The number of hydrogen-bond donors (Lipinski definition) is 2. The average molecular weight is 520 g/mol. The van der Waals surface area contributed by atoms with E-state index in [-0.39, 0.29) is 17.4 Å². The van der Waals surface area contributed by atoms with E-state index in [1.807, 2.05) is 18.2 Å². The number of amides is 2. The van der Waals surface area contributed by atoms with Crippen LogP contribution in [0.25, 0.3) is 16.9 Å². The Hall–Kier alpha value is -4.07. The molecule has 4 fully saturated rings. The number of nitrogens with one attached hydrogen (secondary N) is 2. The molecule has 3 aromatic rings. The number of alkyl halides is 2. The van der Waals surface area contributed by atoms with Gasteiger partial charge < -0.3 is 15.5 Å². The fourth-order valence-electron chi connectivity index (χ4n) is 6.24. The van der Waals surface area contributed by atoms with E-state index in [1.165, 1.54) is 11.1 Å². The van der Waals surface area contributed by atoms with Crippen molar-refractivity contribution in [1.82, 2.24) is 24.8 Å². The molecule has 0 unspecified atom stereocenters. The second-order valence-corrected chi connectivity index (χ2v) is 10.8. The van der Waals surface area contributed by atoms with Crippen LogP contribution in [0.5, 0.6) is 0 Å². The molecule has 2 N–H and O–H groups in total. The molecule has 0 radical (unpaired) electrons. The van der Waals surface area contributed by atoms with Crippen molar-refractivity contribution in [2.45, 2.75) is 50.0 Å². The SMILES string of the molecule is CNC(=O)c1cnc(-c2ccc3cc(C#N)cnn23)cc1NC12CCC(C(=O)N3CC(F)(F)C3)(CC1)CC2. The molecule has 0 atom stereocenters. The summed E-state index contributed by atoms with van der Waals surface area (Å²) in [6.07, 6.45) is 7.04. The van der Waals surface area contributed by atoms with Gasteiger partial charge in [-0.1, -0.05) is 0 Å². The zero-order valence-corrected chi connectivity index (χ0v) is 20.9. The van der Waals surface area contributed by atoms with Gasteiger partial charge in [-0.2, -0.15) is 10.4 Å². The number of rotatable bonds is 5. The van der Waals surface area contributed by atoms with Gasteiger partial charge in [-0.05, 0) is 62.8 Å². The van der Waals surface area contributed by atoms with Gasteiger partial charge in [0.15, 0.2) is 0 Å². The summed E-state index contributed by atoms with van der Waals surface area (Å²) in [4.78, 5) is 31.7. The number of nitriles is 1. The third kappa shape index (κ3) is 3.86. The van der Waals surface area contributed by atoms with E-state index >= 15 is 0 Å². The van der Waals surface area contributed by atoms with Crippen LogP contribution >= 0.6 is 0 Å². The number of nitrogens with zero attached hydrogens (tertiary/aromatic N) is 5. The molecule has 3 saturated carbocycles. The fourth-order valence-corrected chi connectivity index (χ4v) is 6.24. The Kier molecular flexibility index (Phi) is 5.42. The summed E-state index contributed by atoms with van der Waals surface area (Å²) in [5.74, 6) is -3.18. The van der Waals surface area contributed by atoms with E-state index in [9.17, 15) is 23.6 Å². The Morgan fingerprint density at radius 3 is 2.39 bits per heavy atom. The number of halogens is 2. The van der Waals surface area contributed by atoms with Gasteiger partial charge in [-0.3, -0.25) is 14.6 Å². The topological polar surface area (TPSA) is 115 Å². The number of fused-ring (bicyclic) bond motifs is 4. The van der Waals surface area contributed by atoms with Crippen LogP contribution in [0.4, 0.5) is 14.5 Å². The predicted molar refractivity (Wildman–Crippen MR) is 135 cm³/mol. The van der Waals surface area contributed by atoms with Gasteiger partial charge in [0.05, 0.1) is 53.0 Å². The molecule has 3 aliphatic carbocycles. The largest absolute Gasteiger partial charge is 0.379 e. The van der Waals surface area contributed by atoms with E-state index in [0.29, 0.717) is 61.0 Å². The van der Waals surface area contributed by atoms with Crippen LogP contribution in [0.1, 0.15) is 54.4 Å². The van der Waals surface area contributed by atoms with E-state index in [2.05, 4.69) is 26.8 Å². The molecule has 4 aliphatic rings. The van der Waals surface area contributed by atoms with Crippen LogP contribution in [0.2, 0.25) is 0 Å². The lowest BCUT2D eigenvalue weighted by Gasteiger charge is -2.55. The summed E-state index contributed by atoms with van der Waals surface area (Å²) in [6.45, 7) is -0.958. The van der Waals surface area contributed by atoms with Crippen molar-refractivity contribution in [3.8, 4) is 17.5 Å². The molecule has 2 amide bonds. The molecule has 0 spiro atoms. The monoisotopic (exact) mass is 519 g/mol. The first-order valence-corrected chi connectivity index (χ1v) is 12.7. The van der Waals surface area contributed by atoms with Gasteiger partial charge in [0.2, 0.25) is 5.91 Å². The van der Waals surface area contributed by atoms with E-state index in [1.54, 1.807) is 23.8 Å². The van der Waals surface area contributed by atoms with Crippen molar-refractivity contribution in [1.29, 1.82) is 5.26 Å². The second-order valence-electron chi connectivity index (χ2n) is 10.8. The van der Waals surface area contributed by atoms with Crippen LogP contribution in [0, 0.1) is 16.7 Å². The van der Waals surface area contributed by atoms with Crippen LogP contribution in [-0.4, -0.2) is 62.9 Å². The van der Waals surface area contributed by atoms with E-state index in [0.717, 1.165) is 11.2 Å². The smallest absolute Gasteiger partial charge is 0.282 e. The van der Waals surface area contributed by atoms with Crippen LogP contribution in [-0.2, 0) is 4.79 Å². The fraction of sp³-hybridized carbons (Fsp3) is 0.444. The highest BCUT2D eigenvalue weighted by molar-refractivity contribution is 6.00. The van der Waals surface area contributed by atoms with Gasteiger partial charge in [0.25, 0.3) is 11.8 Å². The highest BCUT2D eigenvalue weighted by atomic mass is 19.3. The molecule has 4 heterocycles. The van der Waals surface area contributed by atoms with Crippen molar-refractivity contribution in [3.05, 3.63) is 47.8 Å². The number of pyridine rings is 1. The lowest BCUT2D eigenvalue weighted by atomic mass is 9.56. The maximum atomic E-state index is 13.4. The minimum Gasteiger partial charge on any atom is -0.379 e. The third-order valence-corrected chi connectivity index (χ3v) is 8.50. The van der Waals surface area contributed by atoms with E-state index < -0.39 is 24.4 Å². The molecule has 9 nitrogen and oxygen atoms in total. The number of anilines is 1. The highest BCUT2D eigenvalue weighted by Gasteiger charge is 2.57. The number of carbonyl (C=O) groups excluding carboxylic acids is 2. The van der Waals surface area contributed by atoms with Crippen molar-refractivity contribution in [3.63, 3.8) is 0 Å². The van der Waals surface area contributed by atoms with Crippen molar-refractivity contribution >= 4 is 23.0 Å². The van der Waals surface area contributed by atoms with Crippen molar-refractivity contribution in [2.24, 2.45) is 5.41 Å². The quantitative estimate of drug-likeness (QED) is 0.532. The molecule has 1 saturated heterocycles. The minimum absolute atomic E-state index is 0.138. The van der Waals surface area contributed by atoms with Gasteiger partial charge >= 0.3 is 0 Å². The first kappa shape index (κ1) is 24.3. The molecule has 38 heavy (non-hydrogen) atoms. The van der Waals surface area contributed by atoms with Crippen LogP contribution < -0.4 is 10.6 Å². The first-order chi connectivity index (χ1) is 18.2. The summed E-state index contributed by atoms with van der Waals surface area (Å²) in [7, 11) is 1.57. The lowest BCUT2D eigenvalue weighted by Crippen LogP contribution is -2.64. The Morgan fingerprint density at radius 1 is 1.05 bits per heavy atom. The Bertz CT molecular complexity index is 1480. The number of aromatic nitrogens is 3. The minimum atomic E-state index is -2.77. The third-order valence-electron chi connectivity index (χ3n) is 8.50. The summed E-state index contributed by atoms with van der Waals surface area (Å²) in [5, 5.41) is 19.9. The number of hydrogen-bond acceptors (Lipinski definition) is 6. The zero-order chi connectivity index (χ0) is 26.7. The molecule has 2 bridgehead atoms. The molecular formula is C27H27F2N7O2. The number of carbonyl (C=O) groups is 2. The normalized spacial score (nSPS) is 25.5. The van der Waals surface area contributed by atoms with E-state index in [4.69, 9.17) is 0 Å². The molecule has 0 aromatic carbocycles. The van der Waals surface area contributed by atoms with Gasteiger partial charge in [0, 0.05) is 24.2 Å². The molecule has 196 valence electrons. The lowest BCUT2D eigenvalue weighted by molar-refractivity contribution is -0.180. The Labute approximate surface area is 217 Å². The first-order valence-electron chi connectivity index (χ1n) is 12.7. The molecule has 1 aliphatic heterocycles. The van der Waals surface area contributed by atoms with Crippen LogP contribution in [0.3, 0.4) is 0 Å². The zero-order valence-electron chi connectivity index (χ0n) is 20.9. The van der Waals surface area contributed by atoms with Gasteiger partial charge in [-0.15, -0.1) is 0 Å². The summed E-state index contributed by atoms with van der Waals surface area (Å²) >= 11 is 0. The Morgan fingerprint density at radius 2 is 1.76 bits per heavy atom. The van der Waals surface area contributed by atoms with Crippen molar-refractivity contribution < 1.29 is 18.4 Å². The number of likely N-dealkylation sites (tertiary alicyclic amines) is 1. The Balaban J connectivity index is 1.27.